The lowest BCUT2D eigenvalue weighted by Crippen LogP contribution is -2.37. The van der Waals surface area contributed by atoms with Crippen molar-refractivity contribution in [2.24, 2.45) is 0 Å². The van der Waals surface area contributed by atoms with E-state index in [2.05, 4.69) is 11.4 Å². The summed E-state index contributed by atoms with van der Waals surface area (Å²) in [5, 5.41) is 4.21. The second-order valence-electron chi connectivity index (χ2n) is 4.36. The number of benzene rings is 1. The summed E-state index contributed by atoms with van der Waals surface area (Å²) in [6.45, 7) is 1.56. The van der Waals surface area contributed by atoms with Crippen LogP contribution in [0.4, 0.5) is 0 Å². The summed E-state index contributed by atoms with van der Waals surface area (Å²) in [4.78, 5) is 11.1. The van der Waals surface area contributed by atoms with E-state index in [4.69, 9.17) is 4.42 Å². The molecule has 1 aliphatic carbocycles. The standard InChI is InChI=1S/C13H13NO2/c1-8(15)14-11-5-9-3-2-4-12-13(9)10(6-11)7-16-12/h2-4,7,11H,5-6H2,1H3,(H,14,15). The highest BCUT2D eigenvalue weighted by molar-refractivity contribution is 5.86. The summed E-state index contributed by atoms with van der Waals surface area (Å²) < 4.78 is 5.50. The molecule has 1 N–H and O–H groups in total. The molecule has 0 aliphatic heterocycles. The number of hydrogen-bond acceptors (Lipinski definition) is 2. The third-order valence-electron chi connectivity index (χ3n) is 3.10. The maximum atomic E-state index is 11.1. The maximum Gasteiger partial charge on any atom is 0.217 e. The van der Waals surface area contributed by atoms with E-state index in [1.807, 2.05) is 18.4 Å². The molecule has 0 bridgehead atoms. The largest absolute Gasteiger partial charge is 0.464 e. The predicted octanol–water partition coefficient (Wildman–Crippen LogP) is 2.04. The molecule has 1 amide bonds. The minimum Gasteiger partial charge on any atom is -0.464 e. The van der Waals surface area contributed by atoms with Crippen LogP contribution in [-0.4, -0.2) is 11.9 Å². The Morgan fingerprint density at radius 1 is 1.38 bits per heavy atom. The number of nitrogens with one attached hydrogen (secondary N) is 1. The molecule has 1 atom stereocenters. The van der Waals surface area contributed by atoms with Crippen LogP contribution in [0.5, 0.6) is 0 Å². The topological polar surface area (TPSA) is 42.2 Å². The lowest BCUT2D eigenvalue weighted by molar-refractivity contribution is -0.119. The Bertz CT molecular complexity index is 556. The molecule has 1 heterocycles. The van der Waals surface area contributed by atoms with Gasteiger partial charge in [-0.1, -0.05) is 12.1 Å². The monoisotopic (exact) mass is 215 g/mol. The van der Waals surface area contributed by atoms with Crippen molar-refractivity contribution in [2.75, 3.05) is 0 Å². The molecule has 1 aliphatic rings. The maximum absolute atomic E-state index is 11.1. The van der Waals surface area contributed by atoms with Crippen LogP contribution in [0.3, 0.4) is 0 Å². The van der Waals surface area contributed by atoms with Gasteiger partial charge in [-0.3, -0.25) is 4.79 Å². The zero-order chi connectivity index (χ0) is 11.1. The van der Waals surface area contributed by atoms with Crippen LogP contribution in [0.15, 0.2) is 28.9 Å². The highest BCUT2D eigenvalue weighted by atomic mass is 16.3. The van der Waals surface area contributed by atoms with Crippen LogP contribution >= 0.6 is 0 Å². The van der Waals surface area contributed by atoms with E-state index in [0.29, 0.717) is 0 Å². The Kier molecular flexibility index (Phi) is 1.99. The number of furan rings is 1. The van der Waals surface area contributed by atoms with Gasteiger partial charge in [-0.2, -0.15) is 0 Å². The van der Waals surface area contributed by atoms with Crippen molar-refractivity contribution in [3.63, 3.8) is 0 Å². The predicted molar refractivity (Wildman–Crippen MR) is 61.2 cm³/mol. The third-order valence-corrected chi connectivity index (χ3v) is 3.10. The Hall–Kier alpha value is -1.77. The van der Waals surface area contributed by atoms with Gasteiger partial charge in [0, 0.05) is 23.9 Å². The molecule has 3 nitrogen and oxygen atoms in total. The SMILES string of the molecule is CC(=O)NC1Cc2cccc3occ(c23)C1. The van der Waals surface area contributed by atoms with E-state index in [1.54, 1.807) is 6.92 Å². The van der Waals surface area contributed by atoms with E-state index in [0.717, 1.165) is 18.4 Å². The van der Waals surface area contributed by atoms with E-state index in [1.165, 1.54) is 16.5 Å². The first-order chi connectivity index (χ1) is 7.74. The molecule has 1 unspecified atom stereocenters. The van der Waals surface area contributed by atoms with Gasteiger partial charge in [0.15, 0.2) is 0 Å². The second kappa shape index (κ2) is 3.37. The van der Waals surface area contributed by atoms with Crippen LogP contribution < -0.4 is 5.32 Å². The van der Waals surface area contributed by atoms with Crippen molar-refractivity contribution >= 4 is 16.9 Å². The third kappa shape index (κ3) is 1.40. The van der Waals surface area contributed by atoms with Gasteiger partial charge < -0.3 is 9.73 Å². The summed E-state index contributed by atoms with van der Waals surface area (Å²) in [5.74, 6) is 0.0316. The fraction of sp³-hybridized carbons (Fsp3) is 0.308. The average Bonchev–Trinajstić information content (AvgIpc) is 2.62. The van der Waals surface area contributed by atoms with Crippen LogP contribution in [0.25, 0.3) is 11.0 Å². The number of hydrogen-bond donors (Lipinski definition) is 1. The van der Waals surface area contributed by atoms with Crippen molar-refractivity contribution < 1.29 is 9.21 Å². The zero-order valence-corrected chi connectivity index (χ0v) is 9.12. The Labute approximate surface area is 93.4 Å². The summed E-state index contributed by atoms with van der Waals surface area (Å²) in [6.07, 6.45) is 3.56. The minimum atomic E-state index is 0.0316. The first-order valence-electron chi connectivity index (χ1n) is 5.49. The van der Waals surface area contributed by atoms with Gasteiger partial charge >= 0.3 is 0 Å². The Morgan fingerprint density at radius 2 is 2.19 bits per heavy atom. The average molecular weight is 215 g/mol. The summed E-state index contributed by atoms with van der Waals surface area (Å²) >= 11 is 0. The first kappa shape index (κ1) is 9.46. The molecule has 0 spiro atoms. The number of amides is 1. The molecule has 3 heteroatoms. The van der Waals surface area contributed by atoms with Gasteiger partial charge in [0.05, 0.1) is 6.26 Å². The van der Waals surface area contributed by atoms with Crippen molar-refractivity contribution in [1.82, 2.24) is 5.32 Å². The molecular weight excluding hydrogens is 202 g/mol. The summed E-state index contributed by atoms with van der Waals surface area (Å²) in [5.41, 5.74) is 3.43. The van der Waals surface area contributed by atoms with Gasteiger partial charge in [-0.25, -0.2) is 0 Å². The lowest BCUT2D eigenvalue weighted by Gasteiger charge is -2.22. The van der Waals surface area contributed by atoms with E-state index >= 15 is 0 Å². The van der Waals surface area contributed by atoms with Crippen molar-refractivity contribution in [3.05, 3.63) is 35.6 Å². The zero-order valence-electron chi connectivity index (χ0n) is 9.12. The van der Waals surface area contributed by atoms with E-state index in [9.17, 15) is 4.79 Å². The Balaban J connectivity index is 2.03. The highest BCUT2D eigenvalue weighted by Crippen LogP contribution is 2.31. The molecule has 1 aromatic carbocycles. The van der Waals surface area contributed by atoms with Crippen molar-refractivity contribution in [2.45, 2.75) is 25.8 Å². The number of rotatable bonds is 1. The smallest absolute Gasteiger partial charge is 0.217 e. The molecule has 82 valence electrons. The molecule has 3 rings (SSSR count). The normalized spacial score (nSPS) is 18.7. The van der Waals surface area contributed by atoms with Crippen LogP contribution in [0.1, 0.15) is 18.1 Å². The van der Waals surface area contributed by atoms with Crippen LogP contribution in [0.2, 0.25) is 0 Å². The first-order valence-corrected chi connectivity index (χ1v) is 5.49. The molecule has 0 saturated heterocycles. The Morgan fingerprint density at radius 3 is 3.00 bits per heavy atom. The van der Waals surface area contributed by atoms with Gasteiger partial charge in [0.1, 0.15) is 5.58 Å². The van der Waals surface area contributed by atoms with E-state index in [-0.39, 0.29) is 11.9 Å². The van der Waals surface area contributed by atoms with Crippen LogP contribution in [-0.2, 0) is 17.6 Å². The van der Waals surface area contributed by atoms with E-state index < -0.39 is 0 Å². The van der Waals surface area contributed by atoms with Crippen molar-refractivity contribution in [1.29, 1.82) is 0 Å². The fourth-order valence-electron chi connectivity index (χ4n) is 2.55. The van der Waals surface area contributed by atoms with Gasteiger partial charge in [-0.05, 0) is 24.5 Å². The second-order valence-corrected chi connectivity index (χ2v) is 4.36. The molecule has 0 saturated carbocycles. The molecule has 2 aromatic rings. The fourth-order valence-corrected chi connectivity index (χ4v) is 2.55. The number of carbonyl (C=O) groups is 1. The summed E-state index contributed by atoms with van der Waals surface area (Å²) in [6, 6.07) is 6.30. The van der Waals surface area contributed by atoms with Gasteiger partial charge in [0.2, 0.25) is 5.91 Å². The van der Waals surface area contributed by atoms with Gasteiger partial charge in [0.25, 0.3) is 0 Å². The summed E-state index contributed by atoms with van der Waals surface area (Å²) in [7, 11) is 0. The molecule has 16 heavy (non-hydrogen) atoms. The highest BCUT2D eigenvalue weighted by Gasteiger charge is 2.22. The van der Waals surface area contributed by atoms with Crippen molar-refractivity contribution in [3.8, 4) is 0 Å². The minimum absolute atomic E-state index is 0.0316. The van der Waals surface area contributed by atoms with Crippen LogP contribution in [0, 0.1) is 0 Å². The molecular formula is C13H13NO2. The molecule has 0 radical (unpaired) electrons. The lowest BCUT2D eigenvalue weighted by atomic mass is 9.89. The molecule has 0 fully saturated rings. The quantitative estimate of drug-likeness (QED) is 0.791. The van der Waals surface area contributed by atoms with Gasteiger partial charge in [-0.15, -0.1) is 0 Å². The molecule has 1 aromatic heterocycles. The number of carbonyl (C=O) groups excluding carboxylic acids is 1.